The van der Waals surface area contributed by atoms with Gasteiger partial charge in [0.05, 0.1) is 5.75 Å². The van der Waals surface area contributed by atoms with Crippen molar-refractivity contribution in [1.29, 1.82) is 0 Å². The van der Waals surface area contributed by atoms with Crippen molar-refractivity contribution in [2.24, 2.45) is 0 Å². The van der Waals surface area contributed by atoms with Crippen LogP contribution in [0.4, 0.5) is 4.39 Å². The van der Waals surface area contributed by atoms with E-state index < -0.39 is 21.5 Å². The molecule has 7 heavy (non-hydrogen) atoms. The Morgan fingerprint density at radius 3 is 2.00 bits per heavy atom. The summed E-state index contributed by atoms with van der Waals surface area (Å²) < 4.78 is 30.5. The first-order chi connectivity index (χ1) is 3.06. The van der Waals surface area contributed by atoms with Gasteiger partial charge in [0.1, 0.15) is 6.67 Å². The molecule has 0 fully saturated rings. The van der Waals surface area contributed by atoms with Gasteiger partial charge < -0.3 is 0 Å². The van der Waals surface area contributed by atoms with E-state index in [9.17, 15) is 12.8 Å². The average molecular weight is 147 g/mol. The molecule has 0 atom stereocenters. The molecular formula is C2H4ClFO2S. The quantitative estimate of drug-likeness (QED) is 0.533. The topological polar surface area (TPSA) is 34.1 Å². The number of hydrogen-bond acceptors (Lipinski definition) is 2. The largest absolute Gasteiger partial charge is 0.250 e. The number of hydrogen-bond donors (Lipinski definition) is 0. The van der Waals surface area contributed by atoms with Crippen molar-refractivity contribution in [3.63, 3.8) is 0 Å². The van der Waals surface area contributed by atoms with Crippen LogP contribution in [-0.2, 0) is 9.05 Å². The lowest BCUT2D eigenvalue weighted by Gasteiger charge is -1.82. The van der Waals surface area contributed by atoms with Crippen LogP contribution < -0.4 is 0 Å². The summed E-state index contributed by atoms with van der Waals surface area (Å²) >= 11 is 0. The SMILES string of the molecule is O=S(=O)(Cl)CCF. The van der Waals surface area contributed by atoms with E-state index >= 15 is 0 Å². The molecule has 0 aliphatic carbocycles. The van der Waals surface area contributed by atoms with E-state index in [0.29, 0.717) is 0 Å². The summed E-state index contributed by atoms with van der Waals surface area (Å²) in [5.74, 6) is -0.589. The summed E-state index contributed by atoms with van der Waals surface area (Å²) in [6, 6.07) is 0. The lowest BCUT2D eigenvalue weighted by atomic mass is 10.9. The van der Waals surface area contributed by atoms with E-state index in [1.807, 2.05) is 0 Å². The van der Waals surface area contributed by atoms with Gasteiger partial charge >= 0.3 is 0 Å². The van der Waals surface area contributed by atoms with Crippen LogP contribution >= 0.6 is 10.7 Å². The summed E-state index contributed by atoms with van der Waals surface area (Å²) in [5, 5.41) is 0. The lowest BCUT2D eigenvalue weighted by molar-refractivity contribution is 0.521. The van der Waals surface area contributed by atoms with Crippen molar-refractivity contribution < 1.29 is 12.8 Å². The maximum absolute atomic E-state index is 11.0. The predicted octanol–water partition coefficient (Wildman–Crippen LogP) is 0.525. The number of rotatable bonds is 2. The highest BCUT2D eigenvalue weighted by atomic mass is 35.7. The van der Waals surface area contributed by atoms with Crippen molar-refractivity contribution in [3.05, 3.63) is 0 Å². The molecule has 0 unspecified atom stereocenters. The minimum absolute atomic E-state index is 0.589. The second-order valence-electron chi connectivity index (χ2n) is 0.932. The van der Waals surface area contributed by atoms with Gasteiger partial charge in [0.15, 0.2) is 0 Å². The molecule has 2 nitrogen and oxygen atoms in total. The first kappa shape index (κ1) is 7.17. The van der Waals surface area contributed by atoms with Crippen molar-refractivity contribution in [2.75, 3.05) is 12.4 Å². The highest BCUT2D eigenvalue weighted by molar-refractivity contribution is 8.13. The van der Waals surface area contributed by atoms with Gasteiger partial charge in [0, 0.05) is 10.7 Å². The molecule has 0 saturated heterocycles. The van der Waals surface area contributed by atoms with E-state index in [0.717, 1.165) is 0 Å². The maximum atomic E-state index is 11.0. The van der Waals surface area contributed by atoms with Gasteiger partial charge in [0.2, 0.25) is 9.05 Å². The number of halogens is 2. The summed E-state index contributed by atoms with van der Waals surface area (Å²) in [4.78, 5) is 0. The van der Waals surface area contributed by atoms with Gasteiger partial charge in [-0.15, -0.1) is 0 Å². The lowest BCUT2D eigenvalue weighted by Crippen LogP contribution is -1.97. The molecule has 0 amide bonds. The van der Waals surface area contributed by atoms with Crippen LogP contribution in [0.15, 0.2) is 0 Å². The minimum Gasteiger partial charge on any atom is -0.250 e. The minimum atomic E-state index is -3.58. The molecule has 0 spiro atoms. The summed E-state index contributed by atoms with van der Waals surface area (Å²) in [6.07, 6.45) is 0. The third kappa shape index (κ3) is 6.17. The molecule has 0 aromatic carbocycles. The summed E-state index contributed by atoms with van der Waals surface area (Å²) in [5.41, 5.74) is 0. The van der Waals surface area contributed by atoms with Crippen LogP contribution in [0.3, 0.4) is 0 Å². The fourth-order valence-electron chi connectivity index (χ4n) is 0.0922. The van der Waals surface area contributed by atoms with E-state index in [1.165, 1.54) is 0 Å². The van der Waals surface area contributed by atoms with Crippen LogP contribution in [0.5, 0.6) is 0 Å². The second kappa shape index (κ2) is 2.47. The van der Waals surface area contributed by atoms with E-state index in [-0.39, 0.29) is 0 Å². The van der Waals surface area contributed by atoms with E-state index in [4.69, 9.17) is 0 Å². The van der Waals surface area contributed by atoms with Crippen molar-refractivity contribution in [2.45, 2.75) is 0 Å². The Labute approximate surface area is 45.7 Å². The molecule has 0 bridgehead atoms. The van der Waals surface area contributed by atoms with E-state index in [2.05, 4.69) is 10.7 Å². The van der Waals surface area contributed by atoms with Gasteiger partial charge in [-0.2, -0.15) is 0 Å². The zero-order valence-electron chi connectivity index (χ0n) is 3.39. The van der Waals surface area contributed by atoms with Crippen LogP contribution in [-0.4, -0.2) is 20.8 Å². The standard InChI is InChI=1S/C2H4ClFO2S/c3-7(5,6)2-1-4/h1-2H2. The van der Waals surface area contributed by atoms with Gasteiger partial charge in [-0.25, -0.2) is 12.8 Å². The van der Waals surface area contributed by atoms with Crippen molar-refractivity contribution >= 4 is 19.7 Å². The van der Waals surface area contributed by atoms with Gasteiger partial charge in [-0.1, -0.05) is 0 Å². The zero-order chi connectivity index (χ0) is 5.91. The Bertz CT molecular complexity index is 129. The second-order valence-corrected chi connectivity index (χ2v) is 3.83. The van der Waals surface area contributed by atoms with Crippen molar-refractivity contribution in [1.82, 2.24) is 0 Å². The summed E-state index contributed by atoms with van der Waals surface area (Å²) in [7, 11) is 0.989. The Hall–Kier alpha value is 0.170. The van der Waals surface area contributed by atoms with Crippen LogP contribution in [0.1, 0.15) is 0 Å². The van der Waals surface area contributed by atoms with E-state index in [1.54, 1.807) is 0 Å². The molecule has 0 aliphatic heterocycles. The average Bonchev–Trinajstić information content (AvgIpc) is 1.30. The highest BCUT2D eigenvalue weighted by Crippen LogP contribution is 1.93. The molecule has 0 N–H and O–H groups in total. The molecule has 0 aromatic rings. The first-order valence-electron chi connectivity index (χ1n) is 1.54. The van der Waals surface area contributed by atoms with Gasteiger partial charge in [0.25, 0.3) is 0 Å². The van der Waals surface area contributed by atoms with Crippen LogP contribution in [0.2, 0.25) is 0 Å². The molecule has 44 valence electrons. The fourth-order valence-corrected chi connectivity index (χ4v) is 0.451. The van der Waals surface area contributed by atoms with Crippen molar-refractivity contribution in [3.8, 4) is 0 Å². The first-order valence-corrected chi connectivity index (χ1v) is 4.02. The molecule has 0 saturated carbocycles. The third-order valence-corrected chi connectivity index (χ3v) is 1.43. The van der Waals surface area contributed by atoms with Gasteiger partial charge in [-0.3, -0.25) is 0 Å². The van der Waals surface area contributed by atoms with Crippen LogP contribution in [0, 0.1) is 0 Å². The summed E-state index contributed by atoms with van der Waals surface area (Å²) in [6.45, 7) is -0.911. The Morgan fingerprint density at radius 1 is 1.57 bits per heavy atom. The number of alkyl halides is 1. The molecule has 0 radical (unpaired) electrons. The molecule has 0 aromatic heterocycles. The highest BCUT2D eigenvalue weighted by Gasteiger charge is 2.01. The van der Waals surface area contributed by atoms with Gasteiger partial charge in [-0.05, 0) is 0 Å². The fraction of sp³-hybridized carbons (Fsp3) is 1.00. The molecule has 0 rings (SSSR count). The molecule has 5 heteroatoms. The third-order valence-electron chi connectivity index (χ3n) is 0.321. The molecule has 0 aliphatic rings. The Morgan fingerprint density at radius 2 is 2.00 bits per heavy atom. The molecular weight excluding hydrogens is 143 g/mol. The smallest absolute Gasteiger partial charge is 0.235 e. The zero-order valence-corrected chi connectivity index (χ0v) is 4.97. The Kier molecular flexibility index (Phi) is 2.53. The predicted molar refractivity (Wildman–Crippen MR) is 25.6 cm³/mol. The maximum Gasteiger partial charge on any atom is 0.235 e. The van der Waals surface area contributed by atoms with Crippen LogP contribution in [0.25, 0.3) is 0 Å². The normalized spacial score (nSPS) is 11.7. The Balaban J connectivity index is 3.60. The monoisotopic (exact) mass is 146 g/mol. The molecule has 0 heterocycles.